The molecule has 0 aliphatic heterocycles. The molecule has 0 fully saturated rings. The highest BCUT2D eigenvalue weighted by Gasteiger charge is 2.18. The maximum atomic E-state index is 12.0. The average Bonchev–Trinajstić information content (AvgIpc) is 0.862. The molecule has 10 aromatic rings. The van der Waals surface area contributed by atoms with E-state index in [0.717, 1.165) is 45.6 Å². The number of aromatic nitrogens is 6. The number of aliphatic hydroxyl groups is 1. The van der Waals surface area contributed by atoms with E-state index in [1.54, 1.807) is 87.1 Å². The number of rotatable bonds is 35. The fourth-order valence-electron chi connectivity index (χ4n) is 10.7. The van der Waals surface area contributed by atoms with Crippen LogP contribution < -0.4 is 57.9 Å². The van der Waals surface area contributed by atoms with E-state index in [1.165, 1.54) is 71.8 Å². The third-order valence-electron chi connectivity index (χ3n) is 18.2. The van der Waals surface area contributed by atoms with Gasteiger partial charge in [-0.05, 0) is 137 Å². The van der Waals surface area contributed by atoms with Crippen LogP contribution in [0.15, 0.2) is 213 Å². The lowest BCUT2D eigenvalue weighted by molar-refractivity contribution is 0.0883. The van der Waals surface area contributed by atoms with Crippen LogP contribution in [0, 0.1) is 23.2 Å². The predicted molar refractivity (Wildman–Crippen MR) is 495 cm³/mol. The van der Waals surface area contributed by atoms with Crippen LogP contribution in [0.1, 0.15) is 150 Å². The summed E-state index contributed by atoms with van der Waals surface area (Å²) in [6, 6.07) is 56.4. The molecule has 0 spiro atoms. The fraction of sp³-hybridized carbons (Fsp3) is 0.281. The molecule has 10 rings (SSSR count). The van der Waals surface area contributed by atoms with Crippen molar-refractivity contribution < 1.29 is 108 Å². The number of methoxy groups -OCH3 is 1. The number of benzene rings is 4. The molecule has 4 aromatic carbocycles. The van der Waals surface area contributed by atoms with E-state index in [2.05, 4.69) is 78.9 Å². The third kappa shape index (κ3) is 37.6. The molecule has 38 nitrogen and oxygen atoms in total. The van der Waals surface area contributed by atoms with Crippen LogP contribution in [0.25, 0.3) is 0 Å². The molecule has 0 radical (unpaired) electrons. The molecule has 0 saturated carbocycles. The van der Waals surface area contributed by atoms with Crippen LogP contribution in [0.2, 0.25) is 0 Å². The Hall–Kier alpha value is -14.7. The van der Waals surface area contributed by atoms with Crippen LogP contribution in [0.5, 0.6) is 5.75 Å². The summed E-state index contributed by atoms with van der Waals surface area (Å²) in [6.45, 7) is 12.4. The monoisotopic (exact) mass is 1910 g/mol. The van der Waals surface area contributed by atoms with Gasteiger partial charge in [0.1, 0.15) is 90.0 Å². The maximum absolute atomic E-state index is 12.0. The molecular formula is C89H104N16O22S5. The molecule has 16 N–H and O–H groups in total. The SMILES string of the molecule is CC(C)c1ccc(COC(=O)NCCNC(=O)c2cccc(=S)n2O)cc1.CC(CO)c1ccc(COC(=O)NCCNC(=O)c2cccc(=S)n2O)cc1.CCc1ccc(COC(=O)NCCNC(=O)c2cccc(=S)n2O)cc1.COc1ccc(COC(=O)NCCNC(=O)c2cccc(=S)n2O)cc1.C[C@H](OC(=O)NCCNC(=O)c1cccc(=S)n1O)c1cccnc1. The second kappa shape index (κ2) is 57.3. The minimum absolute atomic E-state index is 0.00837. The first-order valence-electron chi connectivity index (χ1n) is 40.7. The van der Waals surface area contributed by atoms with E-state index in [-0.39, 0.29) is 156 Å². The maximum Gasteiger partial charge on any atom is 0.407 e. The van der Waals surface area contributed by atoms with E-state index in [1.807, 2.05) is 85.8 Å². The summed E-state index contributed by atoms with van der Waals surface area (Å²) in [5, 5.41) is 83.1. The van der Waals surface area contributed by atoms with Crippen molar-refractivity contribution in [3.8, 4) is 5.75 Å². The zero-order valence-electron chi connectivity index (χ0n) is 72.7. The quantitative estimate of drug-likeness (QED) is 0.00759. The van der Waals surface area contributed by atoms with Gasteiger partial charge in [-0.2, -0.15) is 23.7 Å². The molecule has 132 heavy (non-hydrogen) atoms. The Morgan fingerprint density at radius 3 is 0.864 bits per heavy atom. The minimum atomic E-state index is -0.605. The Morgan fingerprint density at radius 2 is 0.598 bits per heavy atom. The highest BCUT2D eigenvalue weighted by molar-refractivity contribution is 7.72. The predicted octanol–water partition coefficient (Wildman–Crippen LogP) is 12.3. The van der Waals surface area contributed by atoms with Crippen LogP contribution in [-0.2, 0) is 56.5 Å². The van der Waals surface area contributed by atoms with Gasteiger partial charge in [0.2, 0.25) is 0 Å². The molecule has 0 saturated heterocycles. The van der Waals surface area contributed by atoms with E-state index in [0.29, 0.717) is 29.6 Å². The molecule has 0 aliphatic carbocycles. The Labute approximate surface area is 784 Å². The number of aliphatic hydroxyl groups excluding tert-OH is 1. The first-order chi connectivity index (χ1) is 63.3. The summed E-state index contributed by atoms with van der Waals surface area (Å²) in [7, 11) is 1.57. The van der Waals surface area contributed by atoms with Gasteiger partial charge in [-0.15, -0.1) is 0 Å². The first kappa shape index (κ1) is 106. The van der Waals surface area contributed by atoms with Gasteiger partial charge in [0.15, 0.2) is 0 Å². The average molecular weight is 1910 g/mol. The zero-order chi connectivity index (χ0) is 96.4. The van der Waals surface area contributed by atoms with Crippen molar-refractivity contribution in [2.24, 2.45) is 0 Å². The number of hydrogen-bond acceptors (Lipinski definition) is 28. The molecule has 2 atom stereocenters. The summed E-state index contributed by atoms with van der Waals surface area (Å²) in [4.78, 5) is 122. The molecule has 702 valence electrons. The standard InChI is InChI=1S/C19H23N3O5S.C19H23N3O4S.C18H21N3O4S.C17H19N3O5S.C16H18N4O4S/c1-13(11-23)15-7-5-14(6-8-15)12-27-19(25)21-10-9-20-18(24)16-3-2-4-17(28)22(16)26;1-13(2)15-8-6-14(7-9-15)12-26-19(24)21-11-10-20-18(23)16-4-3-5-17(27)22(16)25;1-2-13-6-8-14(9-7-13)12-25-18(23)20-11-10-19-17(22)15-4-3-5-16(26)21(15)24;1-24-13-7-5-12(6-8-13)11-25-17(22)19-10-9-18-16(21)14-3-2-4-15(26)20(14)23;1-11(12-4-3-7-17-10-12)24-16(22)19-9-8-18-15(21)13-5-2-6-14(25)20(13)23/h2-8,13,23,26H,9-12H2,1H3,(H,20,24)(H,21,25);3-9,13,25H,10-12H2,1-2H3,(H,20,23)(H,21,24);3-9,24H,2,10-12H2,1H3,(H,19,22)(H,20,23);2-8,23H,9-11H2,1H3,(H,18,21)(H,19,22);2-7,10-11,23H,8-9H2,1H3,(H,18,21)(H,19,22)/t;;;;11-/m....0/s1. The van der Waals surface area contributed by atoms with E-state index < -0.39 is 66.1 Å². The number of ether oxygens (including phenoxy) is 6. The largest absolute Gasteiger partial charge is 0.497 e. The molecule has 6 heterocycles. The number of hydrogen-bond donors (Lipinski definition) is 16. The van der Waals surface area contributed by atoms with Gasteiger partial charge < -0.3 is 113 Å². The molecule has 6 aromatic heterocycles. The van der Waals surface area contributed by atoms with Crippen LogP contribution in [0.4, 0.5) is 24.0 Å². The summed E-state index contributed by atoms with van der Waals surface area (Å²) < 4.78 is 34.4. The first-order valence-corrected chi connectivity index (χ1v) is 42.8. The number of aryl methyl sites for hydroxylation is 1. The number of carbonyl (C=O) groups excluding carboxylic acids is 10. The van der Waals surface area contributed by atoms with Gasteiger partial charge >= 0.3 is 30.5 Å². The highest BCUT2D eigenvalue weighted by atomic mass is 32.1. The van der Waals surface area contributed by atoms with Crippen molar-refractivity contribution in [2.45, 2.75) is 85.4 Å². The number of nitrogens with one attached hydrogen (secondary N) is 10. The minimum Gasteiger partial charge on any atom is -0.497 e. The van der Waals surface area contributed by atoms with Crippen molar-refractivity contribution in [1.29, 1.82) is 0 Å². The zero-order valence-corrected chi connectivity index (χ0v) is 76.8. The summed E-state index contributed by atoms with van der Waals surface area (Å²) in [5.74, 6) is -1.29. The molecule has 10 amide bonds. The summed E-state index contributed by atoms with van der Waals surface area (Å²) >= 11 is 24.4. The fourth-order valence-corrected chi connectivity index (χ4v) is 11.6. The Balaban J connectivity index is 0.000000254. The van der Waals surface area contributed by atoms with Gasteiger partial charge in [0.05, 0.1) is 7.11 Å². The smallest absolute Gasteiger partial charge is 0.407 e. The molecule has 1 unspecified atom stereocenters. The van der Waals surface area contributed by atoms with Crippen LogP contribution >= 0.6 is 61.1 Å². The summed E-state index contributed by atoms with van der Waals surface area (Å²) in [5.41, 5.74) is 7.78. The van der Waals surface area contributed by atoms with Gasteiger partial charge in [-0.1, -0.05) is 210 Å². The van der Waals surface area contributed by atoms with Crippen molar-refractivity contribution in [3.63, 3.8) is 0 Å². The van der Waals surface area contributed by atoms with Gasteiger partial charge in [0, 0.05) is 95.9 Å². The van der Waals surface area contributed by atoms with Gasteiger partial charge in [-0.25, -0.2) is 24.0 Å². The van der Waals surface area contributed by atoms with Crippen molar-refractivity contribution in [2.75, 3.05) is 79.2 Å². The number of carbonyl (C=O) groups is 10. The highest BCUT2D eigenvalue weighted by Crippen LogP contribution is 2.19. The third-order valence-corrected chi connectivity index (χ3v) is 19.7. The molecule has 0 bridgehead atoms. The van der Waals surface area contributed by atoms with Crippen LogP contribution in [-0.4, -0.2) is 199 Å². The second-order valence-corrected chi connectivity index (χ2v) is 30.2. The number of pyridine rings is 6. The lowest BCUT2D eigenvalue weighted by Crippen LogP contribution is -2.36. The Kier molecular flexibility index (Phi) is 46.1. The van der Waals surface area contributed by atoms with Gasteiger partial charge in [-0.3, -0.25) is 29.0 Å². The van der Waals surface area contributed by atoms with E-state index >= 15 is 0 Å². The van der Waals surface area contributed by atoms with Crippen molar-refractivity contribution >= 4 is 121 Å². The summed E-state index contributed by atoms with van der Waals surface area (Å²) in [6.07, 6.45) is 0.839. The molecule has 0 aliphatic rings. The van der Waals surface area contributed by atoms with E-state index in [9.17, 15) is 74.0 Å². The Bertz CT molecular complexity index is 5630. The van der Waals surface area contributed by atoms with E-state index in [4.69, 9.17) is 94.6 Å². The number of nitrogens with zero attached hydrogens (tertiary/aromatic N) is 6. The lowest BCUT2D eigenvalue weighted by Gasteiger charge is -2.14. The molecule has 43 heteroatoms. The number of amides is 10. The van der Waals surface area contributed by atoms with Crippen molar-refractivity contribution in [1.82, 2.24) is 81.8 Å². The Morgan fingerprint density at radius 1 is 0.333 bits per heavy atom. The number of alkyl carbamates (subject to hydrolysis) is 5. The lowest BCUT2D eigenvalue weighted by atomic mass is 10.0. The van der Waals surface area contributed by atoms with Crippen molar-refractivity contribution in [3.05, 3.63) is 309 Å². The normalized spacial score (nSPS) is 10.7. The second-order valence-electron chi connectivity index (χ2n) is 28.1. The van der Waals surface area contributed by atoms with Crippen LogP contribution in [0.3, 0.4) is 0 Å². The molecular weight excluding hydrogens is 1810 g/mol. The van der Waals surface area contributed by atoms with Gasteiger partial charge in [0.25, 0.3) is 29.5 Å². The topological polar surface area (TPSA) is 505 Å².